The monoisotopic (exact) mass is 386 g/mol. The molecule has 1 amide bonds. The van der Waals surface area contributed by atoms with Crippen molar-refractivity contribution in [3.8, 4) is 17.0 Å². The van der Waals surface area contributed by atoms with E-state index in [1.165, 1.54) is 5.56 Å². The maximum absolute atomic E-state index is 12.1. The molecule has 0 atom stereocenters. The average molecular weight is 386 g/mol. The molecule has 3 N–H and O–H groups in total. The van der Waals surface area contributed by atoms with Crippen molar-refractivity contribution in [3.05, 3.63) is 84.7 Å². The van der Waals surface area contributed by atoms with Gasteiger partial charge in [0.05, 0.1) is 5.69 Å². The van der Waals surface area contributed by atoms with Gasteiger partial charge in [-0.05, 0) is 36.2 Å². The quantitative estimate of drug-likeness (QED) is 0.478. The number of pyridine rings is 1. The van der Waals surface area contributed by atoms with Crippen LogP contribution in [-0.2, 0) is 11.2 Å². The summed E-state index contributed by atoms with van der Waals surface area (Å²) in [5.41, 5.74) is 10.1. The predicted octanol–water partition coefficient (Wildman–Crippen LogP) is 3.32. The van der Waals surface area contributed by atoms with Gasteiger partial charge in [0.25, 0.3) is 5.91 Å². The van der Waals surface area contributed by atoms with Crippen LogP contribution in [-0.4, -0.2) is 28.4 Å². The van der Waals surface area contributed by atoms with Gasteiger partial charge in [-0.25, -0.2) is 4.98 Å². The van der Waals surface area contributed by atoms with Crippen molar-refractivity contribution < 1.29 is 9.53 Å². The van der Waals surface area contributed by atoms with Crippen LogP contribution in [0.15, 0.2) is 79.1 Å². The van der Waals surface area contributed by atoms with E-state index in [0.29, 0.717) is 23.6 Å². The number of anilines is 1. The second-order valence-corrected chi connectivity index (χ2v) is 6.73. The fraction of sp³-hybridized carbons (Fsp3) is 0.130. The van der Waals surface area contributed by atoms with Crippen molar-refractivity contribution in [1.29, 1.82) is 0 Å². The Bertz CT molecular complexity index is 1120. The molecule has 2 heterocycles. The number of carbonyl (C=O) groups is 1. The largest absolute Gasteiger partial charge is 0.480 e. The molecule has 4 rings (SSSR count). The summed E-state index contributed by atoms with van der Waals surface area (Å²) in [6.45, 7) is 0.508. The Balaban J connectivity index is 1.39. The minimum atomic E-state index is -0.162. The first-order chi connectivity index (χ1) is 14.2. The van der Waals surface area contributed by atoms with Gasteiger partial charge in [-0.3, -0.25) is 4.79 Å². The second kappa shape index (κ2) is 8.48. The fourth-order valence-corrected chi connectivity index (χ4v) is 3.12. The van der Waals surface area contributed by atoms with Gasteiger partial charge in [0.2, 0.25) is 0 Å². The van der Waals surface area contributed by atoms with E-state index in [9.17, 15) is 4.79 Å². The van der Waals surface area contributed by atoms with Gasteiger partial charge in [0, 0.05) is 30.2 Å². The minimum Gasteiger partial charge on any atom is -0.480 e. The van der Waals surface area contributed by atoms with Crippen LogP contribution in [0.25, 0.3) is 16.9 Å². The summed E-state index contributed by atoms with van der Waals surface area (Å²) in [4.78, 5) is 16.8. The van der Waals surface area contributed by atoms with Crippen LogP contribution < -0.4 is 15.8 Å². The summed E-state index contributed by atoms with van der Waals surface area (Å²) < 4.78 is 7.61. The van der Waals surface area contributed by atoms with Crippen molar-refractivity contribution in [1.82, 2.24) is 14.7 Å². The lowest BCUT2D eigenvalue weighted by Gasteiger charge is -2.08. The number of benzene rings is 2. The highest BCUT2D eigenvalue weighted by Crippen LogP contribution is 2.25. The van der Waals surface area contributed by atoms with Crippen molar-refractivity contribution >= 4 is 17.2 Å². The van der Waals surface area contributed by atoms with Gasteiger partial charge in [-0.15, -0.1) is 0 Å². The number of hydrogen-bond acceptors (Lipinski definition) is 4. The van der Waals surface area contributed by atoms with Crippen LogP contribution >= 0.6 is 0 Å². The first-order valence-electron chi connectivity index (χ1n) is 9.46. The third kappa shape index (κ3) is 4.55. The highest BCUT2D eigenvalue weighted by molar-refractivity contribution is 5.78. The molecule has 0 spiro atoms. The van der Waals surface area contributed by atoms with Gasteiger partial charge < -0.3 is 20.2 Å². The maximum Gasteiger partial charge on any atom is 0.257 e. The first-order valence-corrected chi connectivity index (χ1v) is 9.46. The summed E-state index contributed by atoms with van der Waals surface area (Å²) in [5, 5.41) is 2.88. The number of imidazole rings is 1. The topological polar surface area (TPSA) is 81.6 Å². The number of fused-ring (bicyclic) bond motifs is 1. The Morgan fingerprint density at radius 3 is 2.76 bits per heavy atom. The number of carbonyl (C=O) groups excluding carboxylic acids is 1. The molecule has 0 radical (unpaired) electrons. The van der Waals surface area contributed by atoms with Crippen LogP contribution in [0.3, 0.4) is 0 Å². The van der Waals surface area contributed by atoms with Gasteiger partial charge in [0.1, 0.15) is 0 Å². The molecule has 0 aliphatic rings. The second-order valence-electron chi connectivity index (χ2n) is 6.73. The van der Waals surface area contributed by atoms with E-state index in [2.05, 4.69) is 10.3 Å². The molecule has 0 bridgehead atoms. The molecule has 29 heavy (non-hydrogen) atoms. The van der Waals surface area contributed by atoms with E-state index in [4.69, 9.17) is 10.5 Å². The van der Waals surface area contributed by atoms with E-state index in [0.717, 1.165) is 17.7 Å². The molecule has 0 aliphatic heterocycles. The normalized spacial score (nSPS) is 10.8. The number of nitrogens with two attached hydrogens (primary N) is 1. The molecule has 2 aromatic carbocycles. The highest BCUT2D eigenvalue weighted by atomic mass is 16.5. The van der Waals surface area contributed by atoms with Crippen LogP contribution in [0, 0.1) is 0 Å². The minimum absolute atomic E-state index is 0.0606. The zero-order valence-corrected chi connectivity index (χ0v) is 15.9. The van der Waals surface area contributed by atoms with Crippen LogP contribution in [0.1, 0.15) is 5.56 Å². The van der Waals surface area contributed by atoms with E-state index >= 15 is 0 Å². The molecule has 146 valence electrons. The Morgan fingerprint density at radius 2 is 1.93 bits per heavy atom. The van der Waals surface area contributed by atoms with E-state index in [1.54, 1.807) is 0 Å². The number of nitrogens with one attached hydrogen (secondary N) is 1. The lowest BCUT2D eigenvalue weighted by atomic mass is 10.1. The number of aromatic nitrogens is 2. The summed E-state index contributed by atoms with van der Waals surface area (Å²) >= 11 is 0. The van der Waals surface area contributed by atoms with Crippen molar-refractivity contribution in [2.45, 2.75) is 6.42 Å². The van der Waals surface area contributed by atoms with E-state index < -0.39 is 0 Å². The van der Waals surface area contributed by atoms with Crippen LogP contribution in [0.4, 0.5) is 5.69 Å². The number of rotatable bonds is 7. The Hall–Kier alpha value is -3.80. The Morgan fingerprint density at radius 1 is 1.07 bits per heavy atom. The molecular weight excluding hydrogens is 364 g/mol. The number of ether oxygens (including phenoxy) is 1. The predicted molar refractivity (Wildman–Crippen MR) is 114 cm³/mol. The Labute approximate surface area is 169 Å². The van der Waals surface area contributed by atoms with Gasteiger partial charge in [-0.1, -0.05) is 42.5 Å². The standard InChI is InChI=1S/C23H22N4O2/c24-19-9-4-8-18(14-19)20-15-27-13-5-10-21(23(27)26-20)29-16-22(28)25-12-11-17-6-2-1-3-7-17/h1-10,13-15H,11-12,16,24H2,(H,25,28). The number of amides is 1. The van der Waals surface area contributed by atoms with Crippen LogP contribution in [0.5, 0.6) is 5.75 Å². The maximum atomic E-state index is 12.1. The molecule has 0 fully saturated rings. The molecule has 0 saturated heterocycles. The lowest BCUT2D eigenvalue weighted by Crippen LogP contribution is -2.30. The molecule has 6 heteroatoms. The average Bonchev–Trinajstić information content (AvgIpc) is 3.18. The SMILES string of the molecule is Nc1cccc(-c2cn3cccc(OCC(=O)NCCc4ccccc4)c3n2)c1. The Kier molecular flexibility index (Phi) is 5.42. The van der Waals surface area contributed by atoms with Crippen molar-refractivity contribution in [2.24, 2.45) is 0 Å². The molecular formula is C23H22N4O2. The summed E-state index contributed by atoms with van der Waals surface area (Å²) in [7, 11) is 0. The first kappa shape index (κ1) is 18.6. The summed E-state index contributed by atoms with van der Waals surface area (Å²) in [6, 6.07) is 21.3. The number of hydrogen-bond donors (Lipinski definition) is 2. The number of nitrogens with zero attached hydrogens (tertiary/aromatic N) is 2. The number of nitrogen functional groups attached to an aromatic ring is 1. The molecule has 4 aromatic rings. The summed E-state index contributed by atoms with van der Waals surface area (Å²) in [5.74, 6) is 0.395. The third-order valence-corrected chi connectivity index (χ3v) is 4.57. The van der Waals surface area contributed by atoms with Crippen molar-refractivity contribution in [3.63, 3.8) is 0 Å². The van der Waals surface area contributed by atoms with E-state index in [-0.39, 0.29) is 12.5 Å². The van der Waals surface area contributed by atoms with E-state index in [1.807, 2.05) is 83.5 Å². The highest BCUT2D eigenvalue weighted by Gasteiger charge is 2.11. The molecule has 0 saturated carbocycles. The molecule has 0 unspecified atom stereocenters. The smallest absolute Gasteiger partial charge is 0.257 e. The summed E-state index contributed by atoms with van der Waals surface area (Å²) in [6.07, 6.45) is 4.59. The van der Waals surface area contributed by atoms with Crippen LogP contribution in [0.2, 0.25) is 0 Å². The third-order valence-electron chi connectivity index (χ3n) is 4.57. The van der Waals surface area contributed by atoms with Gasteiger partial charge >= 0.3 is 0 Å². The lowest BCUT2D eigenvalue weighted by molar-refractivity contribution is -0.123. The van der Waals surface area contributed by atoms with Gasteiger partial charge in [-0.2, -0.15) is 0 Å². The van der Waals surface area contributed by atoms with Gasteiger partial charge in [0.15, 0.2) is 18.0 Å². The molecule has 6 nitrogen and oxygen atoms in total. The molecule has 0 aliphatic carbocycles. The zero-order valence-electron chi connectivity index (χ0n) is 15.9. The zero-order chi connectivity index (χ0) is 20.1. The van der Waals surface area contributed by atoms with Crippen molar-refractivity contribution in [2.75, 3.05) is 18.9 Å². The fourth-order valence-electron chi connectivity index (χ4n) is 3.12. The molecule has 2 aromatic heterocycles.